The number of fused-ring (bicyclic) bond motifs is 3. The number of hydrogen-bond acceptors (Lipinski definition) is 5. The van der Waals surface area contributed by atoms with Gasteiger partial charge in [0.05, 0.1) is 11.1 Å². The molecule has 0 bridgehead atoms. The predicted octanol–water partition coefficient (Wildman–Crippen LogP) is 4.41. The fraction of sp³-hybridized carbons (Fsp3) is 0.667. The van der Waals surface area contributed by atoms with Crippen molar-refractivity contribution in [3.05, 3.63) is 20.8 Å². The molecule has 0 aromatic carbocycles. The first-order valence-electron chi connectivity index (χ1n) is 10.6. The maximum Gasteiger partial charge on any atom is 0.263 e. The quantitative estimate of drug-likeness (QED) is 0.514. The summed E-state index contributed by atoms with van der Waals surface area (Å²) in [4.78, 5) is 35.1. The summed E-state index contributed by atoms with van der Waals surface area (Å²) in [5.74, 6) is 0.463. The number of nitrogens with zero attached hydrogens (tertiary/aromatic N) is 3. The third-order valence-corrected chi connectivity index (χ3v) is 8.24. The molecule has 7 heteroatoms. The number of amides is 1. The van der Waals surface area contributed by atoms with Gasteiger partial charge >= 0.3 is 0 Å². The Bertz CT molecular complexity index is 924. The highest BCUT2D eigenvalue weighted by Gasteiger charge is 2.27. The van der Waals surface area contributed by atoms with Crippen LogP contribution in [0, 0.1) is 0 Å². The monoisotopic (exact) mass is 419 g/mol. The summed E-state index contributed by atoms with van der Waals surface area (Å²) in [6.45, 7) is 5.44. The van der Waals surface area contributed by atoms with Gasteiger partial charge in [-0.2, -0.15) is 0 Å². The van der Waals surface area contributed by atoms with Gasteiger partial charge < -0.3 is 4.90 Å². The minimum atomic E-state index is 0.118. The van der Waals surface area contributed by atoms with E-state index >= 15 is 0 Å². The van der Waals surface area contributed by atoms with E-state index < -0.39 is 0 Å². The van der Waals surface area contributed by atoms with Crippen molar-refractivity contribution < 1.29 is 4.79 Å². The Kier molecular flexibility index (Phi) is 6.11. The number of hydrogen-bond donors (Lipinski definition) is 0. The van der Waals surface area contributed by atoms with Crippen LogP contribution < -0.4 is 5.56 Å². The third kappa shape index (κ3) is 3.63. The lowest BCUT2D eigenvalue weighted by atomic mass is 9.97. The molecule has 0 spiro atoms. The number of carbonyl (C=O) groups excluding carboxylic acids is 1. The maximum atomic E-state index is 13.6. The van der Waals surface area contributed by atoms with Crippen molar-refractivity contribution in [3.63, 3.8) is 0 Å². The molecule has 2 heterocycles. The molecule has 0 radical (unpaired) electrons. The first kappa shape index (κ1) is 20.0. The van der Waals surface area contributed by atoms with Crippen molar-refractivity contribution in [1.82, 2.24) is 14.5 Å². The molecule has 1 amide bonds. The minimum Gasteiger partial charge on any atom is -0.343 e. The maximum absolute atomic E-state index is 13.6. The predicted molar refractivity (Wildman–Crippen MR) is 117 cm³/mol. The van der Waals surface area contributed by atoms with Crippen LogP contribution in [0.15, 0.2) is 9.95 Å². The Hall–Kier alpha value is -1.34. The van der Waals surface area contributed by atoms with Crippen LogP contribution in [-0.2, 0) is 17.6 Å². The minimum absolute atomic E-state index is 0.118. The van der Waals surface area contributed by atoms with Crippen LogP contribution in [0.5, 0.6) is 0 Å². The second kappa shape index (κ2) is 8.57. The summed E-state index contributed by atoms with van der Waals surface area (Å²) in [6, 6.07) is 0.231. The Labute approximate surface area is 174 Å². The van der Waals surface area contributed by atoms with Crippen LogP contribution in [0.2, 0.25) is 0 Å². The van der Waals surface area contributed by atoms with Crippen molar-refractivity contribution in [2.45, 2.75) is 76.4 Å². The molecule has 152 valence electrons. The molecule has 0 aliphatic heterocycles. The molecular formula is C21H29N3O2S2. The first-order valence-corrected chi connectivity index (χ1v) is 12.4. The average Bonchev–Trinajstić information content (AvgIpc) is 3.34. The Morgan fingerprint density at radius 2 is 1.89 bits per heavy atom. The smallest absolute Gasteiger partial charge is 0.263 e. The van der Waals surface area contributed by atoms with E-state index in [9.17, 15) is 9.59 Å². The van der Waals surface area contributed by atoms with Crippen LogP contribution in [0.3, 0.4) is 0 Å². The van der Waals surface area contributed by atoms with Crippen LogP contribution in [0.4, 0.5) is 0 Å². The van der Waals surface area contributed by atoms with Crippen LogP contribution >= 0.6 is 23.1 Å². The Morgan fingerprint density at radius 1 is 1.18 bits per heavy atom. The molecule has 5 nitrogen and oxygen atoms in total. The zero-order valence-corrected chi connectivity index (χ0v) is 18.5. The number of rotatable bonds is 6. The largest absolute Gasteiger partial charge is 0.343 e. The van der Waals surface area contributed by atoms with Crippen LogP contribution in [0.25, 0.3) is 10.2 Å². The van der Waals surface area contributed by atoms with Gasteiger partial charge in [-0.1, -0.05) is 24.6 Å². The van der Waals surface area contributed by atoms with Crippen molar-refractivity contribution >= 4 is 39.2 Å². The standard InChI is InChI=1S/C21H29N3O2S2/c1-3-23(4-2)17(25)13-27-21-22-19-18(15-11-7-8-12-16(15)28-19)20(26)24(21)14-9-5-6-10-14/h14H,3-13H2,1-2H3. The van der Waals surface area contributed by atoms with Crippen LogP contribution in [-0.4, -0.2) is 39.2 Å². The molecular weight excluding hydrogens is 390 g/mol. The van der Waals surface area contributed by atoms with E-state index in [1.54, 1.807) is 11.3 Å². The highest BCUT2D eigenvalue weighted by molar-refractivity contribution is 7.99. The Balaban J connectivity index is 1.75. The molecule has 1 saturated carbocycles. The lowest BCUT2D eigenvalue weighted by Crippen LogP contribution is -2.32. The van der Waals surface area contributed by atoms with E-state index in [1.165, 1.54) is 41.5 Å². The normalized spacial score (nSPS) is 17.2. The number of carbonyl (C=O) groups is 1. The summed E-state index contributed by atoms with van der Waals surface area (Å²) in [7, 11) is 0. The highest BCUT2D eigenvalue weighted by Crippen LogP contribution is 2.37. The van der Waals surface area contributed by atoms with Gasteiger partial charge in [-0.15, -0.1) is 11.3 Å². The molecule has 4 rings (SSSR count). The lowest BCUT2D eigenvalue weighted by Gasteiger charge is -2.20. The third-order valence-electron chi connectivity index (χ3n) is 6.12. The van der Waals surface area contributed by atoms with E-state index in [2.05, 4.69) is 0 Å². The number of aromatic nitrogens is 2. The number of aryl methyl sites for hydroxylation is 2. The van der Waals surface area contributed by atoms with E-state index in [-0.39, 0.29) is 17.5 Å². The van der Waals surface area contributed by atoms with E-state index in [0.717, 1.165) is 60.6 Å². The van der Waals surface area contributed by atoms with Crippen molar-refractivity contribution in [3.8, 4) is 0 Å². The zero-order valence-electron chi connectivity index (χ0n) is 16.8. The van der Waals surface area contributed by atoms with Crippen molar-refractivity contribution in [2.75, 3.05) is 18.8 Å². The van der Waals surface area contributed by atoms with Gasteiger partial charge in [0.15, 0.2) is 5.16 Å². The molecule has 0 unspecified atom stereocenters. The fourth-order valence-corrected chi connectivity index (χ4v) is 6.85. The molecule has 0 N–H and O–H groups in total. The number of thiophene rings is 1. The molecule has 0 saturated heterocycles. The van der Waals surface area contributed by atoms with E-state index in [4.69, 9.17) is 4.98 Å². The van der Waals surface area contributed by atoms with Gasteiger partial charge in [-0.3, -0.25) is 14.2 Å². The van der Waals surface area contributed by atoms with Gasteiger partial charge in [0.1, 0.15) is 4.83 Å². The zero-order chi connectivity index (χ0) is 19.7. The SMILES string of the molecule is CCN(CC)C(=O)CSc1nc2sc3c(c2c(=O)n1C1CCCC1)CCCC3. The molecule has 2 aliphatic carbocycles. The van der Waals surface area contributed by atoms with Gasteiger partial charge in [0.2, 0.25) is 5.91 Å². The van der Waals surface area contributed by atoms with Gasteiger partial charge in [0, 0.05) is 24.0 Å². The summed E-state index contributed by atoms with van der Waals surface area (Å²) >= 11 is 3.14. The Morgan fingerprint density at radius 3 is 2.61 bits per heavy atom. The second-order valence-electron chi connectivity index (χ2n) is 7.75. The van der Waals surface area contributed by atoms with E-state index in [1.807, 2.05) is 23.3 Å². The molecule has 2 aromatic heterocycles. The van der Waals surface area contributed by atoms with Gasteiger partial charge in [-0.25, -0.2) is 4.98 Å². The summed E-state index contributed by atoms with van der Waals surface area (Å²) in [5, 5.41) is 1.61. The molecule has 2 aromatic rings. The molecule has 28 heavy (non-hydrogen) atoms. The highest BCUT2D eigenvalue weighted by atomic mass is 32.2. The molecule has 0 atom stereocenters. The first-order chi connectivity index (χ1) is 13.6. The molecule has 2 aliphatic rings. The summed E-state index contributed by atoms with van der Waals surface area (Å²) in [6.07, 6.45) is 8.85. The lowest BCUT2D eigenvalue weighted by molar-refractivity contribution is -0.127. The average molecular weight is 420 g/mol. The van der Waals surface area contributed by atoms with Crippen molar-refractivity contribution in [1.29, 1.82) is 0 Å². The van der Waals surface area contributed by atoms with Crippen molar-refractivity contribution in [2.24, 2.45) is 0 Å². The molecule has 1 fully saturated rings. The summed E-state index contributed by atoms with van der Waals surface area (Å²) in [5.41, 5.74) is 1.39. The van der Waals surface area contributed by atoms with Gasteiger partial charge in [-0.05, 0) is 57.9 Å². The topological polar surface area (TPSA) is 55.2 Å². The second-order valence-corrected chi connectivity index (χ2v) is 9.78. The number of thioether (sulfide) groups is 1. The van der Waals surface area contributed by atoms with Crippen LogP contribution in [0.1, 0.15) is 68.9 Å². The van der Waals surface area contributed by atoms with E-state index in [0.29, 0.717) is 5.75 Å². The fourth-order valence-electron chi connectivity index (χ4n) is 4.58. The van der Waals surface area contributed by atoms with Gasteiger partial charge in [0.25, 0.3) is 5.56 Å². The summed E-state index contributed by atoms with van der Waals surface area (Å²) < 4.78 is 1.94.